The summed E-state index contributed by atoms with van der Waals surface area (Å²) in [7, 11) is 2.44. The van der Waals surface area contributed by atoms with Gasteiger partial charge in [-0.05, 0) is 47.0 Å². The minimum Gasteiger partial charge on any atom is -0.382 e. The number of ether oxygens (including phenoxy) is 2. The van der Waals surface area contributed by atoms with Gasteiger partial charge in [0.15, 0.2) is 7.28 Å². The molecule has 1 amide bonds. The summed E-state index contributed by atoms with van der Waals surface area (Å²) in [4.78, 5) is 11.7. The number of carbonyl (C=O) groups is 1. The molecule has 0 aromatic rings. The Kier molecular flexibility index (Phi) is 6.55. The summed E-state index contributed by atoms with van der Waals surface area (Å²) in [5, 5.41) is 3.30. The summed E-state index contributed by atoms with van der Waals surface area (Å²) < 4.78 is 11.7. The molecule has 23 heavy (non-hydrogen) atoms. The molecular weight excluding hydrogens is 289 g/mol. The maximum Gasteiger partial charge on any atom is 0.220 e. The van der Waals surface area contributed by atoms with Gasteiger partial charge in [0.2, 0.25) is 5.91 Å². The minimum absolute atomic E-state index is 0.00121. The average molecular weight is 322 g/mol. The Morgan fingerprint density at radius 1 is 1.22 bits per heavy atom. The van der Waals surface area contributed by atoms with E-state index in [9.17, 15) is 4.79 Å². The van der Waals surface area contributed by atoms with Gasteiger partial charge in [-0.1, -0.05) is 24.6 Å². The summed E-state index contributed by atoms with van der Waals surface area (Å²) in [5.74, 6) is 0.180. The van der Waals surface area contributed by atoms with Crippen LogP contribution in [0.3, 0.4) is 0 Å². The van der Waals surface area contributed by atoms with Crippen LogP contribution in [0.2, 0.25) is 5.31 Å². The van der Waals surface area contributed by atoms with Crippen LogP contribution in [0.4, 0.5) is 0 Å². The molecule has 2 atom stereocenters. The van der Waals surface area contributed by atoms with E-state index in [0.29, 0.717) is 24.9 Å². The molecule has 2 saturated heterocycles. The standard InChI is InChI=1S/C18H33BNO3/c1-14(2)20-16(21)7-5-8-17-9-6-10-18(13-17,19-17)23-12-11-22-15(3)4/h14-15H,5-13H2,1-4H3,(H,20,21). The Labute approximate surface area is 142 Å². The van der Waals surface area contributed by atoms with Crippen molar-refractivity contribution in [2.75, 3.05) is 13.2 Å². The molecule has 3 rings (SSSR count). The summed E-state index contributed by atoms with van der Waals surface area (Å²) >= 11 is 0. The number of carbonyl (C=O) groups excluding carboxylic acids is 1. The molecule has 131 valence electrons. The van der Waals surface area contributed by atoms with E-state index in [4.69, 9.17) is 9.47 Å². The van der Waals surface area contributed by atoms with Gasteiger partial charge < -0.3 is 14.8 Å². The molecule has 4 nitrogen and oxygen atoms in total. The van der Waals surface area contributed by atoms with Crippen LogP contribution in [-0.4, -0.2) is 44.0 Å². The highest BCUT2D eigenvalue weighted by atomic mass is 16.5. The Bertz CT molecular complexity index is 392. The fourth-order valence-corrected chi connectivity index (χ4v) is 4.16. The minimum atomic E-state index is -0.00121. The lowest BCUT2D eigenvalue weighted by atomic mass is 9.24. The van der Waals surface area contributed by atoms with Crippen LogP contribution >= 0.6 is 0 Å². The van der Waals surface area contributed by atoms with Crippen molar-refractivity contribution in [3.05, 3.63) is 0 Å². The Hall–Kier alpha value is -0.545. The van der Waals surface area contributed by atoms with Gasteiger partial charge in [0, 0.05) is 18.0 Å². The predicted octanol–water partition coefficient (Wildman–Crippen LogP) is 3.27. The summed E-state index contributed by atoms with van der Waals surface area (Å²) in [6.07, 6.45) is 7.77. The number of amides is 1. The molecule has 2 heterocycles. The molecule has 1 aliphatic carbocycles. The molecule has 5 heteroatoms. The van der Waals surface area contributed by atoms with Crippen LogP contribution in [0.5, 0.6) is 0 Å². The molecule has 2 bridgehead atoms. The van der Waals surface area contributed by atoms with Gasteiger partial charge >= 0.3 is 0 Å². The topological polar surface area (TPSA) is 47.6 Å². The van der Waals surface area contributed by atoms with Crippen molar-refractivity contribution in [3.8, 4) is 0 Å². The SMILES string of the molecule is CC(C)NC(=O)CCCC12[B]C(OCCOC(C)C)(CCC1)C2. The zero-order valence-electron chi connectivity index (χ0n) is 15.3. The summed E-state index contributed by atoms with van der Waals surface area (Å²) in [6, 6.07) is 0.236. The van der Waals surface area contributed by atoms with Gasteiger partial charge in [-0.3, -0.25) is 4.79 Å². The van der Waals surface area contributed by atoms with E-state index in [-0.39, 0.29) is 23.6 Å². The molecule has 0 aromatic carbocycles. The third kappa shape index (κ3) is 5.49. The fraction of sp³-hybridized carbons (Fsp3) is 0.944. The van der Waals surface area contributed by atoms with Gasteiger partial charge in [0.1, 0.15) is 0 Å². The van der Waals surface area contributed by atoms with Crippen LogP contribution < -0.4 is 5.32 Å². The maximum atomic E-state index is 11.7. The van der Waals surface area contributed by atoms with E-state index in [1.54, 1.807) is 0 Å². The van der Waals surface area contributed by atoms with Gasteiger partial charge in [0.25, 0.3) is 0 Å². The lowest BCUT2D eigenvalue weighted by Crippen LogP contribution is -2.61. The smallest absolute Gasteiger partial charge is 0.220 e. The highest BCUT2D eigenvalue weighted by Gasteiger charge is 2.58. The second-order valence-corrected chi connectivity index (χ2v) is 7.95. The molecule has 0 aromatic heterocycles. The van der Waals surface area contributed by atoms with Crippen molar-refractivity contribution >= 4 is 13.2 Å². The van der Waals surface area contributed by atoms with Gasteiger partial charge in [0.05, 0.1) is 19.3 Å². The van der Waals surface area contributed by atoms with E-state index in [1.165, 1.54) is 12.8 Å². The number of nitrogens with one attached hydrogen (secondary N) is 1. The van der Waals surface area contributed by atoms with Crippen LogP contribution in [-0.2, 0) is 14.3 Å². The predicted molar refractivity (Wildman–Crippen MR) is 93.8 cm³/mol. The Morgan fingerprint density at radius 2 is 1.96 bits per heavy atom. The van der Waals surface area contributed by atoms with Crippen molar-refractivity contribution in [1.29, 1.82) is 0 Å². The Morgan fingerprint density at radius 3 is 2.61 bits per heavy atom. The normalized spacial score (nSPS) is 29.3. The number of hydrogen-bond donors (Lipinski definition) is 1. The van der Waals surface area contributed by atoms with Crippen molar-refractivity contribution in [2.24, 2.45) is 0 Å². The first-order valence-electron chi connectivity index (χ1n) is 9.27. The van der Waals surface area contributed by atoms with Gasteiger partial charge in [-0.2, -0.15) is 0 Å². The van der Waals surface area contributed by atoms with E-state index in [1.807, 2.05) is 13.8 Å². The number of rotatable bonds is 10. The zero-order valence-corrected chi connectivity index (χ0v) is 15.3. The second-order valence-electron chi connectivity index (χ2n) is 7.95. The van der Waals surface area contributed by atoms with Crippen LogP contribution in [0.15, 0.2) is 0 Å². The van der Waals surface area contributed by atoms with Gasteiger partial charge in [-0.25, -0.2) is 0 Å². The molecular formula is C18H33BNO3. The Balaban J connectivity index is 1.66. The fourth-order valence-electron chi connectivity index (χ4n) is 4.16. The first kappa shape index (κ1) is 18.8. The molecule has 3 aliphatic rings. The first-order chi connectivity index (χ1) is 10.8. The molecule has 1 saturated carbocycles. The molecule has 2 aliphatic heterocycles. The van der Waals surface area contributed by atoms with Crippen molar-refractivity contribution in [3.63, 3.8) is 0 Å². The lowest BCUT2D eigenvalue weighted by Gasteiger charge is -2.60. The van der Waals surface area contributed by atoms with Crippen molar-refractivity contribution < 1.29 is 14.3 Å². The van der Waals surface area contributed by atoms with E-state index in [2.05, 4.69) is 26.4 Å². The van der Waals surface area contributed by atoms with E-state index >= 15 is 0 Å². The number of fused-ring (bicyclic) bond motifs is 2. The monoisotopic (exact) mass is 322 g/mol. The van der Waals surface area contributed by atoms with E-state index < -0.39 is 0 Å². The molecule has 3 fully saturated rings. The molecule has 1 N–H and O–H groups in total. The highest BCUT2D eigenvalue weighted by Crippen LogP contribution is 2.61. The molecule has 2 unspecified atom stereocenters. The summed E-state index contributed by atoms with van der Waals surface area (Å²) in [5.41, 5.74) is -0.00121. The zero-order chi connectivity index (χ0) is 16.9. The third-order valence-corrected chi connectivity index (χ3v) is 4.95. The van der Waals surface area contributed by atoms with Crippen LogP contribution in [0.25, 0.3) is 0 Å². The molecule has 1 radical (unpaired) electrons. The quantitative estimate of drug-likeness (QED) is 0.496. The highest BCUT2D eigenvalue weighted by molar-refractivity contribution is 6.48. The lowest BCUT2D eigenvalue weighted by molar-refractivity contribution is -0.121. The third-order valence-electron chi connectivity index (χ3n) is 4.95. The van der Waals surface area contributed by atoms with Crippen LogP contribution in [0, 0.1) is 0 Å². The largest absolute Gasteiger partial charge is 0.382 e. The van der Waals surface area contributed by atoms with Gasteiger partial charge in [-0.15, -0.1) is 0 Å². The average Bonchev–Trinajstić information content (AvgIpc) is 2.42. The maximum absolute atomic E-state index is 11.7. The van der Waals surface area contributed by atoms with E-state index in [0.717, 1.165) is 25.7 Å². The first-order valence-corrected chi connectivity index (χ1v) is 9.27. The number of hydrogen-bond acceptors (Lipinski definition) is 3. The van der Waals surface area contributed by atoms with Crippen molar-refractivity contribution in [2.45, 2.75) is 95.6 Å². The van der Waals surface area contributed by atoms with Crippen LogP contribution in [0.1, 0.15) is 72.6 Å². The summed E-state index contributed by atoms with van der Waals surface area (Å²) in [6.45, 7) is 9.47. The van der Waals surface area contributed by atoms with Crippen molar-refractivity contribution in [1.82, 2.24) is 5.32 Å². The second kappa shape index (κ2) is 8.02. The molecule has 0 spiro atoms.